The molecule has 1 saturated carbocycles. The van der Waals surface area contributed by atoms with E-state index in [1.807, 2.05) is 12.1 Å². The van der Waals surface area contributed by atoms with Crippen LogP contribution in [0.5, 0.6) is 0 Å². The van der Waals surface area contributed by atoms with Crippen LogP contribution >= 0.6 is 0 Å². The van der Waals surface area contributed by atoms with E-state index in [-0.39, 0.29) is 36.8 Å². The van der Waals surface area contributed by atoms with Crippen molar-refractivity contribution < 1.29 is 28.3 Å². The van der Waals surface area contributed by atoms with Gasteiger partial charge in [0.25, 0.3) is 5.89 Å². The average molecular weight is 632 g/mol. The summed E-state index contributed by atoms with van der Waals surface area (Å²) in [6.45, 7) is 2.78. The van der Waals surface area contributed by atoms with Crippen LogP contribution in [0, 0.1) is 5.92 Å². The van der Waals surface area contributed by atoms with Crippen LogP contribution in [0.2, 0.25) is 0 Å². The number of ether oxygens (including phenoxy) is 1. The number of ketones is 1. The van der Waals surface area contributed by atoms with Gasteiger partial charge in [0.1, 0.15) is 11.6 Å². The van der Waals surface area contributed by atoms with Crippen LogP contribution in [0.15, 0.2) is 52.9 Å². The molecule has 3 aromatic rings. The Kier molecular flexibility index (Phi) is 11.5. The van der Waals surface area contributed by atoms with Crippen molar-refractivity contribution in [3.63, 3.8) is 0 Å². The zero-order valence-corrected chi connectivity index (χ0v) is 26.5. The van der Waals surface area contributed by atoms with E-state index in [2.05, 4.69) is 15.6 Å². The topological polar surface area (TPSA) is 157 Å². The molecule has 2 aliphatic rings. The average Bonchev–Trinajstić information content (AvgIpc) is 3.68. The fourth-order valence-electron chi connectivity index (χ4n) is 6.46. The minimum atomic E-state index is -0.888. The van der Waals surface area contributed by atoms with Crippen LogP contribution in [-0.2, 0) is 25.5 Å². The lowest BCUT2D eigenvalue weighted by molar-refractivity contribution is -0.138. The number of carbonyl (C=O) groups excluding carboxylic acids is 4. The minimum absolute atomic E-state index is 0.0499. The van der Waals surface area contributed by atoms with Crippen molar-refractivity contribution in [2.75, 3.05) is 25.0 Å². The molecule has 11 heteroatoms. The van der Waals surface area contributed by atoms with E-state index in [1.54, 1.807) is 41.3 Å². The Balaban J connectivity index is 1.32. The third kappa shape index (κ3) is 8.79. The van der Waals surface area contributed by atoms with Gasteiger partial charge in [0, 0.05) is 32.2 Å². The van der Waals surface area contributed by atoms with Gasteiger partial charge >= 0.3 is 0 Å². The molecular weight excluding hydrogens is 586 g/mol. The van der Waals surface area contributed by atoms with Crippen LogP contribution in [0.4, 0.5) is 5.69 Å². The van der Waals surface area contributed by atoms with Crippen LogP contribution < -0.4 is 16.4 Å². The number of unbranched alkanes of at least 4 members (excludes halogenated alkanes) is 1. The first-order valence-corrected chi connectivity index (χ1v) is 16.5. The number of nitrogens with two attached hydrogens (primary N) is 1. The number of carbonyl (C=O) groups is 4. The highest BCUT2D eigenvalue weighted by Gasteiger charge is 2.41. The number of hydrogen-bond donors (Lipinski definition) is 3. The Bertz CT molecular complexity index is 1480. The molecule has 1 aromatic heterocycles. The van der Waals surface area contributed by atoms with E-state index in [4.69, 9.17) is 14.9 Å². The summed E-state index contributed by atoms with van der Waals surface area (Å²) in [6.07, 6.45) is 7.68. The monoisotopic (exact) mass is 631 g/mol. The fraction of sp³-hybridized carbons (Fsp3) is 0.514. The van der Waals surface area contributed by atoms with Crippen LogP contribution in [0.3, 0.4) is 0 Å². The summed E-state index contributed by atoms with van der Waals surface area (Å²) in [5.74, 6) is -0.835. The molecule has 2 aromatic carbocycles. The highest BCUT2D eigenvalue weighted by molar-refractivity contribution is 6.01. The number of para-hydroxylation sites is 2. The van der Waals surface area contributed by atoms with Gasteiger partial charge in [-0.2, -0.15) is 0 Å². The van der Waals surface area contributed by atoms with Crippen LogP contribution in [-0.4, -0.2) is 71.3 Å². The minimum Gasteiger partial charge on any atom is -0.434 e. The predicted octanol–water partition coefficient (Wildman–Crippen LogP) is 4.39. The second-order valence-corrected chi connectivity index (χ2v) is 12.5. The molecule has 0 bridgehead atoms. The van der Waals surface area contributed by atoms with Crippen molar-refractivity contribution in [1.82, 2.24) is 15.2 Å². The van der Waals surface area contributed by atoms with Crippen molar-refractivity contribution >= 4 is 40.3 Å². The SMILES string of the molecule is CC(=O)Nc1cccc(CC(=O)N2C[C@H](OCC3CCCCC3)C[C@H]2C(=O)N[C@@H](CCCCN)C(=O)c2nc3ccccc3o2)c1. The highest BCUT2D eigenvalue weighted by atomic mass is 16.5. The van der Waals surface area contributed by atoms with E-state index in [1.165, 1.54) is 26.2 Å². The molecule has 0 radical (unpaired) electrons. The van der Waals surface area contributed by atoms with E-state index >= 15 is 0 Å². The highest BCUT2D eigenvalue weighted by Crippen LogP contribution is 2.28. The number of nitrogens with one attached hydrogen (secondary N) is 2. The molecule has 46 heavy (non-hydrogen) atoms. The lowest BCUT2D eigenvalue weighted by atomic mass is 9.90. The number of fused-ring (bicyclic) bond motifs is 1. The van der Waals surface area contributed by atoms with Crippen LogP contribution in [0.1, 0.15) is 81.0 Å². The number of hydrogen-bond acceptors (Lipinski definition) is 8. The van der Waals surface area contributed by atoms with E-state index < -0.39 is 23.8 Å². The van der Waals surface area contributed by atoms with Crippen molar-refractivity contribution in [1.29, 1.82) is 0 Å². The smallest absolute Gasteiger partial charge is 0.266 e. The molecule has 1 aliphatic carbocycles. The number of Topliss-reactive ketones (excluding diaryl/α,β-unsaturated/α-hetero) is 1. The number of oxazole rings is 1. The van der Waals surface area contributed by atoms with Crippen molar-refractivity contribution in [3.8, 4) is 0 Å². The van der Waals surface area contributed by atoms with Gasteiger partial charge in [-0.1, -0.05) is 43.5 Å². The summed E-state index contributed by atoms with van der Waals surface area (Å²) < 4.78 is 12.1. The standard InChI is InChI=1S/C35H45N5O6/c1-23(41)37-26-13-9-12-25(18-26)19-32(42)40-21-27(45-22-24-10-3-2-4-11-24)20-30(40)34(44)38-29(15-7-8-17-36)33(43)35-39-28-14-5-6-16-31(28)46-35/h5-6,9,12-14,16,18,24,27,29-30H,2-4,7-8,10-11,15,17,19-22,36H2,1H3,(H,37,41)(H,38,44)/t27-,29+,30+/m1/s1. The van der Waals surface area contributed by atoms with Crippen molar-refractivity contribution in [2.45, 2.75) is 89.3 Å². The van der Waals surface area contributed by atoms with Gasteiger partial charge in [-0.25, -0.2) is 4.98 Å². The summed E-state index contributed by atoms with van der Waals surface area (Å²) in [4.78, 5) is 58.8. The summed E-state index contributed by atoms with van der Waals surface area (Å²) in [5.41, 5.74) is 8.08. The summed E-state index contributed by atoms with van der Waals surface area (Å²) in [7, 11) is 0. The van der Waals surface area contributed by atoms with Gasteiger partial charge in [0.15, 0.2) is 5.58 Å². The molecular formula is C35H45N5O6. The number of aromatic nitrogens is 1. The molecule has 246 valence electrons. The number of benzene rings is 2. The molecule has 4 N–H and O–H groups in total. The summed E-state index contributed by atoms with van der Waals surface area (Å²) >= 11 is 0. The maximum Gasteiger partial charge on any atom is 0.266 e. The van der Waals surface area contributed by atoms with E-state index in [0.29, 0.717) is 67.1 Å². The first kappa shape index (κ1) is 33.3. The number of amides is 3. The lowest BCUT2D eigenvalue weighted by Crippen LogP contribution is -2.51. The first-order chi connectivity index (χ1) is 22.3. The zero-order chi connectivity index (χ0) is 32.5. The van der Waals surface area contributed by atoms with Gasteiger partial charge in [0.05, 0.1) is 18.6 Å². The van der Waals surface area contributed by atoms with E-state index in [9.17, 15) is 19.2 Å². The Labute approximate surface area is 269 Å². The third-order valence-corrected chi connectivity index (χ3v) is 8.87. The summed E-state index contributed by atoms with van der Waals surface area (Å²) in [5, 5.41) is 5.68. The fourth-order valence-corrected chi connectivity index (χ4v) is 6.46. The van der Waals surface area contributed by atoms with Gasteiger partial charge in [-0.05, 0) is 74.4 Å². The molecule has 3 amide bonds. The van der Waals surface area contributed by atoms with Gasteiger partial charge < -0.3 is 30.4 Å². The molecule has 3 atom stereocenters. The molecule has 11 nitrogen and oxygen atoms in total. The molecule has 5 rings (SSSR count). The lowest BCUT2D eigenvalue weighted by Gasteiger charge is -2.26. The molecule has 1 saturated heterocycles. The number of rotatable bonds is 14. The Morgan fingerprint density at radius 3 is 2.63 bits per heavy atom. The predicted molar refractivity (Wildman–Crippen MR) is 174 cm³/mol. The van der Waals surface area contributed by atoms with Crippen LogP contribution in [0.25, 0.3) is 11.1 Å². The zero-order valence-electron chi connectivity index (χ0n) is 26.5. The third-order valence-electron chi connectivity index (χ3n) is 8.87. The molecule has 2 fully saturated rings. The maximum absolute atomic E-state index is 14.0. The second kappa shape index (κ2) is 16.0. The van der Waals surface area contributed by atoms with Gasteiger partial charge in [0.2, 0.25) is 23.5 Å². The normalized spacial score (nSPS) is 19.2. The van der Waals surface area contributed by atoms with Gasteiger partial charge in [-0.15, -0.1) is 0 Å². The number of nitrogens with zero attached hydrogens (tertiary/aromatic N) is 2. The molecule has 0 unspecified atom stereocenters. The molecule has 1 aliphatic heterocycles. The molecule has 2 heterocycles. The molecule has 0 spiro atoms. The largest absolute Gasteiger partial charge is 0.434 e. The first-order valence-electron chi connectivity index (χ1n) is 16.5. The maximum atomic E-state index is 14.0. The Morgan fingerprint density at radius 2 is 1.87 bits per heavy atom. The van der Waals surface area contributed by atoms with E-state index in [0.717, 1.165) is 12.8 Å². The Morgan fingerprint density at radius 1 is 1.07 bits per heavy atom. The van der Waals surface area contributed by atoms with Gasteiger partial charge in [-0.3, -0.25) is 19.2 Å². The van der Waals surface area contributed by atoms with Crippen molar-refractivity contribution in [3.05, 3.63) is 60.0 Å². The number of likely N-dealkylation sites (tertiary alicyclic amines) is 1. The second-order valence-electron chi connectivity index (χ2n) is 12.5. The van der Waals surface area contributed by atoms with Crippen molar-refractivity contribution in [2.24, 2.45) is 11.7 Å². The quantitative estimate of drug-likeness (QED) is 0.175. The Hall–Kier alpha value is -4.09. The summed E-state index contributed by atoms with van der Waals surface area (Å²) in [6, 6.07) is 12.5. The number of anilines is 1.